The first-order valence-electron chi connectivity index (χ1n) is 4.36. The molecular formula is C9H17F2N. The average Bonchev–Trinajstić information content (AvgIpc) is 2.02. The summed E-state index contributed by atoms with van der Waals surface area (Å²) in [7, 11) is 1.75. The van der Waals surface area contributed by atoms with Crippen molar-refractivity contribution < 1.29 is 8.78 Å². The largest absolute Gasteiger partial charge is 0.300 e. The Morgan fingerprint density at radius 2 is 1.75 bits per heavy atom. The van der Waals surface area contributed by atoms with Crippen molar-refractivity contribution in [3.05, 3.63) is 0 Å². The molecule has 1 aliphatic rings. The first-order valence-corrected chi connectivity index (χ1v) is 4.36. The van der Waals surface area contributed by atoms with Gasteiger partial charge in [0.15, 0.2) is 0 Å². The average molecular weight is 177 g/mol. The molecule has 12 heavy (non-hydrogen) atoms. The standard InChI is InChI=1S/C9H17F2N/c1-7(2)8(3)5-12(4)6-9(8,10)11/h7H,5-6H2,1-4H3. The quantitative estimate of drug-likeness (QED) is 0.593. The fourth-order valence-corrected chi connectivity index (χ4v) is 1.86. The Bertz CT molecular complexity index is 179. The van der Waals surface area contributed by atoms with Crippen molar-refractivity contribution in [2.45, 2.75) is 26.7 Å². The van der Waals surface area contributed by atoms with Gasteiger partial charge in [-0.15, -0.1) is 0 Å². The van der Waals surface area contributed by atoms with Crippen LogP contribution in [-0.2, 0) is 0 Å². The van der Waals surface area contributed by atoms with E-state index in [1.54, 1.807) is 18.9 Å². The molecule has 3 heteroatoms. The first kappa shape index (κ1) is 9.90. The molecule has 0 aromatic carbocycles. The van der Waals surface area contributed by atoms with E-state index in [4.69, 9.17) is 0 Å². The molecule has 0 radical (unpaired) electrons. The summed E-state index contributed by atoms with van der Waals surface area (Å²) >= 11 is 0. The van der Waals surface area contributed by atoms with Gasteiger partial charge in [0.05, 0.1) is 6.54 Å². The van der Waals surface area contributed by atoms with E-state index in [0.29, 0.717) is 6.54 Å². The predicted molar refractivity (Wildman–Crippen MR) is 45.4 cm³/mol. The van der Waals surface area contributed by atoms with E-state index >= 15 is 0 Å². The van der Waals surface area contributed by atoms with Crippen LogP contribution in [0.2, 0.25) is 0 Å². The van der Waals surface area contributed by atoms with Crippen molar-refractivity contribution in [2.75, 3.05) is 20.1 Å². The Kier molecular flexibility index (Phi) is 2.19. The molecule has 1 aliphatic heterocycles. The highest BCUT2D eigenvalue weighted by atomic mass is 19.3. The van der Waals surface area contributed by atoms with Gasteiger partial charge in [0.1, 0.15) is 0 Å². The minimum atomic E-state index is -2.53. The zero-order valence-electron chi connectivity index (χ0n) is 8.19. The molecule has 1 saturated heterocycles. The number of alkyl halides is 2. The van der Waals surface area contributed by atoms with Crippen molar-refractivity contribution in [1.82, 2.24) is 4.90 Å². The van der Waals surface area contributed by atoms with Crippen LogP contribution in [-0.4, -0.2) is 31.0 Å². The van der Waals surface area contributed by atoms with Crippen LogP contribution >= 0.6 is 0 Å². The van der Waals surface area contributed by atoms with E-state index in [2.05, 4.69) is 0 Å². The van der Waals surface area contributed by atoms with Gasteiger partial charge in [0.25, 0.3) is 5.92 Å². The van der Waals surface area contributed by atoms with Crippen LogP contribution in [0.15, 0.2) is 0 Å². The van der Waals surface area contributed by atoms with E-state index in [1.807, 2.05) is 13.8 Å². The van der Waals surface area contributed by atoms with Crippen LogP contribution in [0, 0.1) is 11.3 Å². The van der Waals surface area contributed by atoms with E-state index in [-0.39, 0.29) is 12.5 Å². The van der Waals surface area contributed by atoms with Gasteiger partial charge >= 0.3 is 0 Å². The molecule has 0 aromatic heterocycles. The number of nitrogens with zero attached hydrogens (tertiary/aromatic N) is 1. The van der Waals surface area contributed by atoms with Crippen LogP contribution < -0.4 is 0 Å². The molecule has 0 saturated carbocycles. The normalized spacial score (nSPS) is 36.2. The monoisotopic (exact) mass is 177 g/mol. The van der Waals surface area contributed by atoms with Crippen molar-refractivity contribution in [3.63, 3.8) is 0 Å². The molecule has 0 bridgehead atoms. The summed E-state index contributed by atoms with van der Waals surface area (Å²) in [4.78, 5) is 1.71. The summed E-state index contributed by atoms with van der Waals surface area (Å²) in [6.45, 7) is 5.82. The van der Waals surface area contributed by atoms with Gasteiger partial charge in [-0.05, 0) is 13.0 Å². The molecule has 0 amide bonds. The van der Waals surface area contributed by atoms with Gasteiger partial charge in [-0.2, -0.15) is 0 Å². The Hall–Kier alpha value is -0.180. The molecule has 1 nitrogen and oxygen atoms in total. The van der Waals surface area contributed by atoms with Crippen LogP contribution in [0.3, 0.4) is 0 Å². The number of hydrogen-bond acceptors (Lipinski definition) is 1. The lowest BCUT2D eigenvalue weighted by molar-refractivity contribution is -0.0964. The van der Waals surface area contributed by atoms with E-state index < -0.39 is 11.3 Å². The maximum atomic E-state index is 13.5. The second kappa shape index (κ2) is 2.66. The molecule has 1 heterocycles. The van der Waals surface area contributed by atoms with E-state index in [9.17, 15) is 8.78 Å². The molecule has 1 rings (SSSR count). The number of likely N-dealkylation sites (tertiary alicyclic amines) is 1. The second-order valence-corrected chi connectivity index (χ2v) is 4.45. The maximum Gasteiger partial charge on any atom is 0.267 e. The van der Waals surface area contributed by atoms with Crippen molar-refractivity contribution in [2.24, 2.45) is 11.3 Å². The third kappa shape index (κ3) is 1.24. The van der Waals surface area contributed by atoms with Gasteiger partial charge < -0.3 is 0 Å². The van der Waals surface area contributed by atoms with E-state index in [0.717, 1.165) is 0 Å². The lowest BCUT2D eigenvalue weighted by Gasteiger charge is -2.33. The van der Waals surface area contributed by atoms with Crippen LogP contribution in [0.1, 0.15) is 20.8 Å². The molecule has 0 aromatic rings. The zero-order valence-corrected chi connectivity index (χ0v) is 8.19. The highest BCUT2D eigenvalue weighted by Crippen LogP contribution is 2.47. The molecule has 72 valence electrons. The molecule has 1 unspecified atom stereocenters. The first-order chi connectivity index (χ1) is 5.29. The highest BCUT2D eigenvalue weighted by molar-refractivity contribution is 5.00. The molecule has 1 atom stereocenters. The third-order valence-electron chi connectivity index (χ3n) is 3.18. The SMILES string of the molecule is CC(C)C1(C)CN(C)CC1(F)F. The van der Waals surface area contributed by atoms with Crippen molar-refractivity contribution in [1.29, 1.82) is 0 Å². The molecule has 1 fully saturated rings. The summed E-state index contributed by atoms with van der Waals surface area (Å²) in [5.41, 5.74) is -0.845. The van der Waals surface area contributed by atoms with E-state index in [1.165, 1.54) is 0 Å². The Labute approximate surface area is 72.7 Å². The van der Waals surface area contributed by atoms with Gasteiger partial charge in [-0.3, -0.25) is 4.90 Å². The smallest absolute Gasteiger partial charge is 0.267 e. The van der Waals surface area contributed by atoms with Crippen LogP contribution in [0.5, 0.6) is 0 Å². The Morgan fingerprint density at radius 1 is 1.25 bits per heavy atom. The lowest BCUT2D eigenvalue weighted by atomic mass is 9.76. The summed E-state index contributed by atoms with van der Waals surface area (Å²) in [5.74, 6) is -2.51. The van der Waals surface area contributed by atoms with Crippen LogP contribution in [0.4, 0.5) is 8.78 Å². The summed E-state index contributed by atoms with van der Waals surface area (Å²) < 4.78 is 26.9. The molecule has 0 aliphatic carbocycles. The Morgan fingerprint density at radius 3 is 1.92 bits per heavy atom. The maximum absolute atomic E-state index is 13.5. The summed E-state index contributed by atoms with van der Waals surface area (Å²) in [5, 5.41) is 0. The topological polar surface area (TPSA) is 3.24 Å². The fraction of sp³-hybridized carbons (Fsp3) is 1.00. The third-order valence-corrected chi connectivity index (χ3v) is 3.18. The second-order valence-electron chi connectivity index (χ2n) is 4.45. The molecule has 0 spiro atoms. The number of halogens is 2. The fourth-order valence-electron chi connectivity index (χ4n) is 1.86. The summed E-state index contributed by atoms with van der Waals surface area (Å²) in [6, 6.07) is 0. The predicted octanol–water partition coefficient (Wildman–Crippen LogP) is 2.23. The Balaban J connectivity index is 2.90. The summed E-state index contributed by atoms with van der Waals surface area (Å²) in [6.07, 6.45) is 0. The molecule has 0 N–H and O–H groups in total. The van der Waals surface area contributed by atoms with Gasteiger partial charge in [-0.25, -0.2) is 8.78 Å². The lowest BCUT2D eigenvalue weighted by Crippen LogP contribution is -2.41. The van der Waals surface area contributed by atoms with Gasteiger partial charge in [0, 0.05) is 12.0 Å². The van der Waals surface area contributed by atoms with Crippen molar-refractivity contribution >= 4 is 0 Å². The minimum absolute atomic E-state index is 0.0254. The number of hydrogen-bond donors (Lipinski definition) is 0. The number of rotatable bonds is 1. The zero-order chi connectivity index (χ0) is 9.57. The van der Waals surface area contributed by atoms with Gasteiger partial charge in [0.2, 0.25) is 0 Å². The van der Waals surface area contributed by atoms with Gasteiger partial charge in [-0.1, -0.05) is 20.8 Å². The van der Waals surface area contributed by atoms with Crippen molar-refractivity contribution in [3.8, 4) is 0 Å². The minimum Gasteiger partial charge on any atom is -0.300 e. The van der Waals surface area contributed by atoms with Crippen LogP contribution in [0.25, 0.3) is 0 Å². The highest BCUT2D eigenvalue weighted by Gasteiger charge is 2.57. The molecular weight excluding hydrogens is 160 g/mol.